The molecule has 4 nitrogen and oxygen atoms in total. The molecule has 2 N–H and O–H groups in total. The quantitative estimate of drug-likeness (QED) is 0.826. The number of rotatable bonds is 7. The van der Waals surface area contributed by atoms with Crippen molar-refractivity contribution < 1.29 is 14.6 Å². The molecule has 0 fully saturated rings. The lowest BCUT2D eigenvalue weighted by Gasteiger charge is -2.17. The molecule has 0 bridgehead atoms. The molecular weight excluding hydrogens is 278 g/mol. The van der Waals surface area contributed by atoms with Crippen molar-refractivity contribution in [3.63, 3.8) is 0 Å². The molecule has 1 atom stereocenters. The third-order valence-electron chi connectivity index (χ3n) is 3.59. The number of aliphatic hydroxyl groups excluding tert-OH is 1. The number of hydrogen-bond acceptors (Lipinski definition) is 3. The summed E-state index contributed by atoms with van der Waals surface area (Å²) in [7, 11) is 1.57. The van der Waals surface area contributed by atoms with E-state index in [1.165, 1.54) is 0 Å². The summed E-state index contributed by atoms with van der Waals surface area (Å²) in [6.45, 7) is 0.579. The first-order valence-corrected chi connectivity index (χ1v) is 7.32. The van der Waals surface area contributed by atoms with E-state index >= 15 is 0 Å². The van der Waals surface area contributed by atoms with Gasteiger partial charge in [-0.15, -0.1) is 0 Å². The summed E-state index contributed by atoms with van der Waals surface area (Å²) < 4.78 is 5.13. The highest BCUT2D eigenvalue weighted by Crippen LogP contribution is 2.18. The number of aliphatic hydroxyl groups is 1. The second-order valence-electron chi connectivity index (χ2n) is 5.06. The number of carbonyl (C=O) groups excluding carboxylic acids is 1. The Balaban J connectivity index is 2.01. The van der Waals surface area contributed by atoms with E-state index in [-0.39, 0.29) is 18.4 Å². The summed E-state index contributed by atoms with van der Waals surface area (Å²) in [5, 5.41) is 12.1. The molecular formula is C18H21NO3. The Morgan fingerprint density at radius 1 is 1.18 bits per heavy atom. The van der Waals surface area contributed by atoms with Crippen molar-refractivity contribution in [1.29, 1.82) is 0 Å². The predicted molar refractivity (Wildman–Crippen MR) is 86.2 cm³/mol. The largest absolute Gasteiger partial charge is 0.497 e. The van der Waals surface area contributed by atoms with Crippen LogP contribution in [0.15, 0.2) is 54.6 Å². The van der Waals surface area contributed by atoms with Gasteiger partial charge in [-0.25, -0.2) is 0 Å². The molecule has 0 aliphatic carbocycles. The molecule has 0 spiro atoms. The zero-order valence-corrected chi connectivity index (χ0v) is 12.7. The zero-order chi connectivity index (χ0) is 15.8. The molecule has 1 unspecified atom stereocenters. The lowest BCUT2D eigenvalue weighted by atomic mass is 9.96. The van der Waals surface area contributed by atoms with Gasteiger partial charge in [-0.2, -0.15) is 0 Å². The van der Waals surface area contributed by atoms with Crippen LogP contribution in [0.1, 0.15) is 28.3 Å². The number of benzene rings is 2. The van der Waals surface area contributed by atoms with Crippen LogP contribution >= 0.6 is 0 Å². The number of carbonyl (C=O) groups is 1. The van der Waals surface area contributed by atoms with E-state index in [1.807, 2.05) is 30.3 Å². The Bertz CT molecular complexity index is 598. The first-order chi connectivity index (χ1) is 10.7. The molecule has 22 heavy (non-hydrogen) atoms. The summed E-state index contributed by atoms with van der Waals surface area (Å²) in [6, 6.07) is 16.9. The summed E-state index contributed by atoms with van der Waals surface area (Å²) in [4.78, 5) is 12.2. The van der Waals surface area contributed by atoms with E-state index in [9.17, 15) is 9.90 Å². The maximum absolute atomic E-state index is 12.2. The molecule has 2 aromatic carbocycles. The molecule has 0 radical (unpaired) electrons. The molecule has 0 heterocycles. The van der Waals surface area contributed by atoms with Gasteiger partial charge in [-0.05, 0) is 30.2 Å². The third kappa shape index (κ3) is 4.33. The Kier molecular flexibility index (Phi) is 5.98. The van der Waals surface area contributed by atoms with Crippen molar-refractivity contribution in [2.24, 2.45) is 0 Å². The van der Waals surface area contributed by atoms with E-state index in [2.05, 4.69) is 5.32 Å². The van der Waals surface area contributed by atoms with Crippen LogP contribution in [0.25, 0.3) is 0 Å². The van der Waals surface area contributed by atoms with Crippen LogP contribution < -0.4 is 10.1 Å². The van der Waals surface area contributed by atoms with E-state index in [0.29, 0.717) is 24.3 Å². The fourth-order valence-corrected chi connectivity index (χ4v) is 2.35. The summed E-state index contributed by atoms with van der Waals surface area (Å²) in [6.07, 6.45) is 0.613. The first-order valence-electron chi connectivity index (χ1n) is 7.32. The van der Waals surface area contributed by atoms with Crippen LogP contribution in [0.3, 0.4) is 0 Å². The van der Waals surface area contributed by atoms with Gasteiger partial charge in [0, 0.05) is 24.6 Å². The average Bonchev–Trinajstić information content (AvgIpc) is 2.59. The molecule has 0 aliphatic heterocycles. The van der Waals surface area contributed by atoms with Crippen LogP contribution in [-0.2, 0) is 0 Å². The maximum Gasteiger partial charge on any atom is 0.251 e. The molecule has 2 rings (SSSR count). The SMILES string of the molecule is COc1cccc(C(=O)NCC(CCO)c2ccccc2)c1. The summed E-state index contributed by atoms with van der Waals surface area (Å²) >= 11 is 0. The molecule has 4 heteroatoms. The Morgan fingerprint density at radius 3 is 2.64 bits per heavy atom. The van der Waals surface area contributed by atoms with Gasteiger partial charge < -0.3 is 15.2 Å². The van der Waals surface area contributed by atoms with Crippen molar-refractivity contribution in [2.75, 3.05) is 20.3 Å². The number of amides is 1. The highest BCUT2D eigenvalue weighted by Gasteiger charge is 2.13. The van der Waals surface area contributed by atoms with E-state index < -0.39 is 0 Å². The van der Waals surface area contributed by atoms with Crippen molar-refractivity contribution in [3.8, 4) is 5.75 Å². The number of hydrogen-bond donors (Lipinski definition) is 2. The van der Waals surface area contributed by atoms with Gasteiger partial charge in [0.15, 0.2) is 0 Å². The smallest absolute Gasteiger partial charge is 0.251 e. The van der Waals surface area contributed by atoms with Gasteiger partial charge >= 0.3 is 0 Å². The fourth-order valence-electron chi connectivity index (χ4n) is 2.35. The van der Waals surface area contributed by atoms with E-state index in [1.54, 1.807) is 31.4 Å². The van der Waals surface area contributed by atoms with Crippen molar-refractivity contribution in [3.05, 3.63) is 65.7 Å². The predicted octanol–water partition coefficient (Wildman–Crippen LogP) is 2.59. The molecule has 2 aromatic rings. The van der Waals surface area contributed by atoms with Crippen molar-refractivity contribution >= 4 is 5.91 Å². The second-order valence-corrected chi connectivity index (χ2v) is 5.06. The molecule has 116 valence electrons. The van der Waals surface area contributed by atoms with Gasteiger partial charge in [0.2, 0.25) is 0 Å². The van der Waals surface area contributed by atoms with Gasteiger partial charge in [-0.1, -0.05) is 36.4 Å². The van der Waals surface area contributed by atoms with E-state index in [0.717, 1.165) is 5.56 Å². The normalized spacial score (nSPS) is 11.7. The third-order valence-corrected chi connectivity index (χ3v) is 3.59. The molecule has 0 saturated carbocycles. The Labute approximate surface area is 130 Å². The minimum absolute atomic E-state index is 0.0919. The Morgan fingerprint density at radius 2 is 1.95 bits per heavy atom. The topological polar surface area (TPSA) is 58.6 Å². The van der Waals surface area contributed by atoms with Crippen LogP contribution in [0.2, 0.25) is 0 Å². The van der Waals surface area contributed by atoms with Crippen LogP contribution in [-0.4, -0.2) is 31.3 Å². The Hall–Kier alpha value is -2.33. The van der Waals surface area contributed by atoms with E-state index in [4.69, 9.17) is 4.74 Å². The first kappa shape index (κ1) is 16.0. The standard InChI is InChI=1S/C18H21NO3/c1-22-17-9-5-8-15(12-17)18(21)19-13-16(10-11-20)14-6-3-2-4-7-14/h2-9,12,16,20H,10-11,13H2,1H3,(H,19,21). The fraction of sp³-hybridized carbons (Fsp3) is 0.278. The second kappa shape index (κ2) is 8.20. The average molecular weight is 299 g/mol. The van der Waals surface area contributed by atoms with Crippen molar-refractivity contribution in [1.82, 2.24) is 5.32 Å². The van der Waals surface area contributed by atoms with Gasteiger partial charge in [0.1, 0.15) is 5.75 Å². The summed E-state index contributed by atoms with van der Waals surface area (Å²) in [5.74, 6) is 0.612. The van der Waals surface area contributed by atoms with Crippen LogP contribution in [0, 0.1) is 0 Å². The van der Waals surface area contributed by atoms with Gasteiger partial charge in [0.25, 0.3) is 5.91 Å². The maximum atomic E-state index is 12.2. The number of methoxy groups -OCH3 is 1. The highest BCUT2D eigenvalue weighted by molar-refractivity contribution is 5.94. The molecule has 1 amide bonds. The number of ether oxygens (including phenoxy) is 1. The zero-order valence-electron chi connectivity index (χ0n) is 12.7. The lowest BCUT2D eigenvalue weighted by Crippen LogP contribution is -2.28. The van der Waals surface area contributed by atoms with Crippen LogP contribution in [0.4, 0.5) is 0 Å². The van der Waals surface area contributed by atoms with Gasteiger partial charge in [0.05, 0.1) is 7.11 Å². The molecule has 0 saturated heterocycles. The minimum atomic E-state index is -0.141. The van der Waals surface area contributed by atoms with Gasteiger partial charge in [-0.3, -0.25) is 4.79 Å². The van der Waals surface area contributed by atoms with Crippen molar-refractivity contribution in [2.45, 2.75) is 12.3 Å². The minimum Gasteiger partial charge on any atom is -0.497 e. The number of nitrogens with one attached hydrogen (secondary N) is 1. The molecule has 0 aromatic heterocycles. The summed E-state index contributed by atoms with van der Waals surface area (Å²) in [5.41, 5.74) is 1.68. The van der Waals surface area contributed by atoms with Crippen LogP contribution in [0.5, 0.6) is 5.75 Å². The lowest BCUT2D eigenvalue weighted by molar-refractivity contribution is 0.0949. The monoisotopic (exact) mass is 299 g/mol. The molecule has 0 aliphatic rings. The highest BCUT2D eigenvalue weighted by atomic mass is 16.5.